The van der Waals surface area contributed by atoms with Gasteiger partial charge in [-0.3, -0.25) is 19.3 Å². The Hall–Kier alpha value is -1.93. The van der Waals surface area contributed by atoms with Crippen molar-refractivity contribution in [1.29, 1.82) is 0 Å². The van der Waals surface area contributed by atoms with E-state index in [1.54, 1.807) is 12.1 Å². The van der Waals surface area contributed by atoms with Crippen LogP contribution in [0.4, 0.5) is 9.18 Å². The molecule has 4 rings (SSSR count). The highest BCUT2D eigenvalue weighted by atomic mass is 32.2. The predicted octanol–water partition coefficient (Wildman–Crippen LogP) is 2.91. The first-order chi connectivity index (χ1) is 14.5. The average molecular weight is 434 g/mol. The molecule has 0 spiro atoms. The number of piperidine rings is 1. The zero-order valence-corrected chi connectivity index (χ0v) is 17.9. The van der Waals surface area contributed by atoms with E-state index in [0.717, 1.165) is 80.4 Å². The summed E-state index contributed by atoms with van der Waals surface area (Å²) in [5.41, 5.74) is 0.728. The van der Waals surface area contributed by atoms with Crippen LogP contribution in [-0.4, -0.2) is 64.8 Å². The number of benzene rings is 1. The molecule has 2 heterocycles. The molecule has 0 unspecified atom stereocenters. The van der Waals surface area contributed by atoms with Crippen molar-refractivity contribution in [2.75, 3.05) is 31.9 Å². The zero-order valence-electron chi connectivity index (χ0n) is 17.1. The Morgan fingerprint density at radius 3 is 2.50 bits per heavy atom. The van der Waals surface area contributed by atoms with E-state index in [9.17, 15) is 18.8 Å². The molecule has 0 atom stereocenters. The van der Waals surface area contributed by atoms with Crippen LogP contribution in [0.3, 0.4) is 0 Å². The molecule has 1 saturated carbocycles. The summed E-state index contributed by atoms with van der Waals surface area (Å²) in [6, 6.07) is 7.21. The van der Waals surface area contributed by atoms with Crippen LogP contribution >= 0.6 is 11.8 Å². The lowest BCUT2D eigenvalue weighted by molar-refractivity contribution is -0.130. The van der Waals surface area contributed by atoms with E-state index in [0.29, 0.717) is 0 Å². The van der Waals surface area contributed by atoms with Crippen molar-refractivity contribution in [3.63, 3.8) is 0 Å². The summed E-state index contributed by atoms with van der Waals surface area (Å²) in [7, 11) is 0. The molecular formula is C22H28FN3O3S. The van der Waals surface area contributed by atoms with Crippen LogP contribution in [0.15, 0.2) is 24.3 Å². The summed E-state index contributed by atoms with van der Waals surface area (Å²) in [4.78, 5) is 39.0. The molecule has 2 aliphatic heterocycles. The van der Waals surface area contributed by atoms with Crippen LogP contribution in [0.5, 0.6) is 0 Å². The van der Waals surface area contributed by atoms with Crippen LogP contribution in [0, 0.1) is 5.82 Å². The summed E-state index contributed by atoms with van der Waals surface area (Å²) in [6.45, 7) is 2.35. The van der Waals surface area contributed by atoms with Crippen molar-refractivity contribution in [3.05, 3.63) is 35.6 Å². The lowest BCUT2D eigenvalue weighted by Gasteiger charge is -2.39. The average Bonchev–Trinajstić information content (AvgIpc) is 3.32. The van der Waals surface area contributed by atoms with Gasteiger partial charge in [0.05, 0.1) is 5.75 Å². The van der Waals surface area contributed by atoms with E-state index in [4.69, 9.17) is 0 Å². The van der Waals surface area contributed by atoms with Crippen molar-refractivity contribution in [3.8, 4) is 0 Å². The first kappa shape index (κ1) is 21.3. The third kappa shape index (κ3) is 4.54. The van der Waals surface area contributed by atoms with Gasteiger partial charge in [-0.1, -0.05) is 42.8 Å². The molecule has 30 heavy (non-hydrogen) atoms. The van der Waals surface area contributed by atoms with Crippen LogP contribution in [0.1, 0.15) is 44.1 Å². The monoisotopic (exact) mass is 433 g/mol. The van der Waals surface area contributed by atoms with Gasteiger partial charge in [0.25, 0.3) is 5.24 Å². The highest BCUT2D eigenvalue weighted by Crippen LogP contribution is 2.43. The summed E-state index contributed by atoms with van der Waals surface area (Å²) < 4.78 is 14.5. The number of amides is 3. The van der Waals surface area contributed by atoms with Crippen LogP contribution in [0.2, 0.25) is 0 Å². The maximum Gasteiger partial charge on any atom is 0.289 e. The lowest BCUT2D eigenvalue weighted by atomic mass is 9.77. The number of halogens is 1. The largest absolute Gasteiger partial charge is 0.352 e. The second kappa shape index (κ2) is 9.06. The number of rotatable bonds is 6. The minimum Gasteiger partial charge on any atom is -0.352 e. The number of nitrogens with zero attached hydrogens (tertiary/aromatic N) is 2. The summed E-state index contributed by atoms with van der Waals surface area (Å²) in [5, 5.41) is 2.62. The van der Waals surface area contributed by atoms with Crippen LogP contribution in [0.25, 0.3) is 0 Å². The second-order valence-corrected chi connectivity index (χ2v) is 9.55. The first-order valence-electron chi connectivity index (χ1n) is 10.7. The maximum absolute atomic E-state index is 14.5. The summed E-state index contributed by atoms with van der Waals surface area (Å²) in [6.07, 6.45) is 5.92. The fraction of sp³-hybridized carbons (Fsp3) is 0.591. The number of imide groups is 1. The predicted molar refractivity (Wildman–Crippen MR) is 114 cm³/mol. The highest BCUT2D eigenvalue weighted by Gasteiger charge is 2.40. The highest BCUT2D eigenvalue weighted by molar-refractivity contribution is 8.14. The SMILES string of the molecule is O=C(CN1C(=O)CSC1=O)NC1CCN(CC2(c3ccccc3F)CCCC2)CC1. The number of thioether (sulfide) groups is 1. The quantitative estimate of drug-likeness (QED) is 0.747. The van der Waals surface area contributed by atoms with Crippen molar-refractivity contribution in [1.82, 2.24) is 15.1 Å². The molecule has 0 radical (unpaired) electrons. The summed E-state index contributed by atoms with van der Waals surface area (Å²) in [5.74, 6) is -0.569. The first-order valence-corrected chi connectivity index (χ1v) is 11.7. The van der Waals surface area contributed by atoms with Gasteiger partial charge < -0.3 is 10.2 Å². The molecule has 6 nitrogen and oxygen atoms in total. The molecule has 3 aliphatic rings. The topological polar surface area (TPSA) is 69.7 Å². The van der Waals surface area contributed by atoms with Crippen molar-refractivity contribution < 1.29 is 18.8 Å². The number of nitrogens with one attached hydrogen (secondary N) is 1. The van der Waals surface area contributed by atoms with Gasteiger partial charge in [-0.25, -0.2) is 4.39 Å². The zero-order chi connectivity index (χ0) is 21.1. The van der Waals surface area contributed by atoms with E-state index in [1.807, 2.05) is 12.1 Å². The molecule has 3 amide bonds. The fourth-order valence-corrected chi connectivity index (χ4v) is 5.79. The molecule has 3 fully saturated rings. The molecule has 0 aromatic heterocycles. The van der Waals surface area contributed by atoms with Crippen molar-refractivity contribution >= 4 is 28.8 Å². The van der Waals surface area contributed by atoms with Gasteiger partial charge in [0.15, 0.2) is 0 Å². The fourth-order valence-electron chi connectivity index (χ4n) is 5.07. The number of hydrogen-bond acceptors (Lipinski definition) is 5. The van der Waals surface area contributed by atoms with Crippen molar-refractivity contribution in [2.24, 2.45) is 0 Å². The molecular weight excluding hydrogens is 405 g/mol. The van der Waals surface area contributed by atoms with E-state index in [-0.39, 0.29) is 46.6 Å². The van der Waals surface area contributed by atoms with Crippen molar-refractivity contribution in [2.45, 2.75) is 50.0 Å². The Morgan fingerprint density at radius 1 is 1.17 bits per heavy atom. The molecule has 1 N–H and O–H groups in total. The van der Waals surface area contributed by atoms with Gasteiger partial charge in [-0.2, -0.15) is 0 Å². The lowest BCUT2D eigenvalue weighted by Crippen LogP contribution is -2.50. The molecule has 0 bridgehead atoms. The van der Waals surface area contributed by atoms with Gasteiger partial charge >= 0.3 is 0 Å². The van der Waals surface area contributed by atoms with Gasteiger partial charge in [0.2, 0.25) is 11.8 Å². The Labute approximate surface area is 180 Å². The molecule has 1 aromatic rings. The molecule has 2 saturated heterocycles. The van der Waals surface area contributed by atoms with Gasteiger partial charge in [-0.05, 0) is 37.3 Å². The molecule has 8 heteroatoms. The second-order valence-electron chi connectivity index (χ2n) is 8.62. The maximum atomic E-state index is 14.5. The number of carbonyl (C=O) groups excluding carboxylic acids is 3. The molecule has 1 aromatic carbocycles. The van der Waals surface area contributed by atoms with E-state index in [1.165, 1.54) is 0 Å². The third-order valence-corrected chi connectivity index (χ3v) is 7.49. The van der Waals surface area contributed by atoms with E-state index >= 15 is 0 Å². The Bertz CT molecular complexity index is 804. The van der Waals surface area contributed by atoms with Gasteiger partial charge in [0, 0.05) is 31.1 Å². The number of hydrogen-bond donors (Lipinski definition) is 1. The molecule has 162 valence electrons. The molecule has 1 aliphatic carbocycles. The van der Waals surface area contributed by atoms with E-state index < -0.39 is 0 Å². The third-order valence-electron chi connectivity index (χ3n) is 6.63. The van der Waals surface area contributed by atoms with Crippen LogP contribution in [-0.2, 0) is 15.0 Å². The smallest absolute Gasteiger partial charge is 0.289 e. The number of carbonyl (C=O) groups is 3. The minimum absolute atomic E-state index is 0.0437. The van der Waals surface area contributed by atoms with Crippen LogP contribution < -0.4 is 5.32 Å². The Kier molecular flexibility index (Phi) is 6.43. The number of likely N-dealkylation sites (tertiary alicyclic amines) is 1. The van der Waals surface area contributed by atoms with E-state index in [2.05, 4.69) is 10.2 Å². The standard InChI is InChI=1S/C22H28FN3O3S/c23-18-6-2-1-5-17(18)22(9-3-4-10-22)15-25-11-7-16(8-12-25)24-19(27)13-26-20(28)14-30-21(26)29/h1-2,5-6,16H,3-4,7-15H2,(H,24,27). The minimum atomic E-state index is -0.347. The van der Waals surface area contributed by atoms with Gasteiger partial charge in [-0.15, -0.1) is 0 Å². The summed E-state index contributed by atoms with van der Waals surface area (Å²) >= 11 is 0.940. The Morgan fingerprint density at radius 2 is 1.87 bits per heavy atom. The Balaban J connectivity index is 1.30. The van der Waals surface area contributed by atoms with Gasteiger partial charge in [0.1, 0.15) is 12.4 Å². The normalized spacial score (nSPS) is 22.6.